The Kier molecular flexibility index (Phi) is 3.05. The summed E-state index contributed by atoms with van der Waals surface area (Å²) in [6.45, 7) is 6.34. The van der Waals surface area contributed by atoms with Gasteiger partial charge in [0.2, 0.25) is 0 Å². The van der Waals surface area contributed by atoms with Crippen molar-refractivity contribution in [2.45, 2.75) is 45.1 Å². The normalized spacial score (nSPS) is 20.7. The quantitative estimate of drug-likeness (QED) is 0.818. The summed E-state index contributed by atoms with van der Waals surface area (Å²) in [6.07, 6.45) is 2.46. The van der Waals surface area contributed by atoms with Crippen molar-refractivity contribution in [2.75, 3.05) is 13.6 Å². The second-order valence-corrected chi connectivity index (χ2v) is 4.60. The molecule has 0 radical (unpaired) electrons. The van der Waals surface area contributed by atoms with Crippen LogP contribution in [0.15, 0.2) is 0 Å². The van der Waals surface area contributed by atoms with Gasteiger partial charge in [0.05, 0.1) is 0 Å². The molecular formula is C11H20N4. The smallest absolute Gasteiger partial charge is 0.153 e. The summed E-state index contributed by atoms with van der Waals surface area (Å²) in [5.74, 6) is 3.15. The first-order valence-corrected chi connectivity index (χ1v) is 5.81. The van der Waals surface area contributed by atoms with Gasteiger partial charge in [-0.2, -0.15) is 5.10 Å². The molecule has 1 N–H and O–H groups in total. The predicted molar refractivity (Wildman–Crippen MR) is 60.0 cm³/mol. The number of nitrogens with one attached hydrogen (secondary N) is 1. The van der Waals surface area contributed by atoms with Crippen LogP contribution in [0.4, 0.5) is 0 Å². The first kappa shape index (κ1) is 10.6. The van der Waals surface area contributed by atoms with Crippen molar-refractivity contribution in [3.63, 3.8) is 0 Å². The molecule has 0 aromatic carbocycles. The highest BCUT2D eigenvalue weighted by atomic mass is 15.4. The molecule has 1 aromatic heterocycles. The van der Waals surface area contributed by atoms with E-state index in [2.05, 4.69) is 33.9 Å². The summed E-state index contributed by atoms with van der Waals surface area (Å²) in [6, 6.07) is 0. The zero-order chi connectivity index (χ0) is 10.8. The van der Waals surface area contributed by atoms with Crippen molar-refractivity contribution in [2.24, 2.45) is 0 Å². The third-order valence-electron chi connectivity index (χ3n) is 2.97. The van der Waals surface area contributed by atoms with Crippen molar-refractivity contribution < 1.29 is 0 Å². The van der Waals surface area contributed by atoms with Crippen molar-refractivity contribution in [1.82, 2.24) is 20.1 Å². The van der Waals surface area contributed by atoms with Gasteiger partial charge in [-0.15, -0.1) is 0 Å². The molecule has 15 heavy (non-hydrogen) atoms. The third-order valence-corrected chi connectivity index (χ3v) is 2.97. The molecule has 0 spiro atoms. The summed E-state index contributed by atoms with van der Waals surface area (Å²) >= 11 is 0. The molecule has 2 rings (SSSR count). The average Bonchev–Trinajstić information content (AvgIpc) is 2.63. The first-order chi connectivity index (χ1) is 7.22. The molecule has 4 heteroatoms. The third kappa shape index (κ3) is 2.04. The number of hydrogen-bond donors (Lipinski definition) is 1. The predicted octanol–water partition coefficient (Wildman–Crippen LogP) is 1.50. The molecule has 1 aromatic rings. The molecule has 0 saturated heterocycles. The number of rotatable bonds is 3. The van der Waals surface area contributed by atoms with Crippen LogP contribution in [0, 0.1) is 0 Å². The Bertz CT molecular complexity index is 329. The molecule has 0 bridgehead atoms. The van der Waals surface area contributed by atoms with Gasteiger partial charge >= 0.3 is 0 Å². The van der Waals surface area contributed by atoms with Gasteiger partial charge in [-0.1, -0.05) is 13.8 Å². The van der Waals surface area contributed by atoms with Crippen molar-refractivity contribution in [3.05, 3.63) is 11.6 Å². The molecule has 84 valence electrons. The number of aryl methyl sites for hydroxylation is 1. The summed E-state index contributed by atoms with van der Waals surface area (Å²) in [7, 11) is 2.00. The van der Waals surface area contributed by atoms with Gasteiger partial charge in [-0.05, 0) is 19.9 Å². The SMILES string of the molecule is CNCC1CCCn2nc(C(C)C)nc21. The van der Waals surface area contributed by atoms with E-state index in [-0.39, 0.29) is 0 Å². The van der Waals surface area contributed by atoms with Crippen LogP contribution >= 0.6 is 0 Å². The van der Waals surface area contributed by atoms with Crippen LogP contribution in [0.2, 0.25) is 0 Å². The van der Waals surface area contributed by atoms with Crippen LogP contribution in [-0.2, 0) is 6.54 Å². The van der Waals surface area contributed by atoms with E-state index in [0.29, 0.717) is 11.8 Å². The Labute approximate surface area is 91.1 Å². The topological polar surface area (TPSA) is 42.7 Å². The highest BCUT2D eigenvalue weighted by Gasteiger charge is 2.24. The summed E-state index contributed by atoms with van der Waals surface area (Å²) in [5, 5.41) is 7.80. The Morgan fingerprint density at radius 1 is 1.53 bits per heavy atom. The van der Waals surface area contributed by atoms with E-state index in [1.54, 1.807) is 0 Å². The molecule has 1 aliphatic rings. The second-order valence-electron chi connectivity index (χ2n) is 4.60. The van der Waals surface area contributed by atoms with Gasteiger partial charge in [0, 0.05) is 24.9 Å². The van der Waals surface area contributed by atoms with Crippen LogP contribution in [-0.4, -0.2) is 28.4 Å². The van der Waals surface area contributed by atoms with Crippen LogP contribution in [0.1, 0.15) is 50.2 Å². The number of aromatic nitrogens is 3. The van der Waals surface area contributed by atoms with E-state index in [1.807, 2.05) is 7.05 Å². The highest BCUT2D eigenvalue weighted by Crippen LogP contribution is 2.26. The lowest BCUT2D eigenvalue weighted by Crippen LogP contribution is -2.25. The van der Waals surface area contributed by atoms with E-state index >= 15 is 0 Å². The second kappa shape index (κ2) is 4.31. The molecule has 0 amide bonds. The van der Waals surface area contributed by atoms with E-state index in [0.717, 1.165) is 18.9 Å². The van der Waals surface area contributed by atoms with Crippen LogP contribution in [0.5, 0.6) is 0 Å². The van der Waals surface area contributed by atoms with E-state index in [4.69, 9.17) is 0 Å². The van der Waals surface area contributed by atoms with Gasteiger partial charge in [0.15, 0.2) is 5.82 Å². The number of hydrogen-bond acceptors (Lipinski definition) is 3. The van der Waals surface area contributed by atoms with E-state index < -0.39 is 0 Å². The van der Waals surface area contributed by atoms with Crippen LogP contribution in [0.25, 0.3) is 0 Å². The zero-order valence-electron chi connectivity index (χ0n) is 9.82. The fourth-order valence-corrected chi connectivity index (χ4v) is 2.14. The van der Waals surface area contributed by atoms with Crippen molar-refractivity contribution in [1.29, 1.82) is 0 Å². The van der Waals surface area contributed by atoms with Crippen molar-refractivity contribution >= 4 is 0 Å². The molecule has 4 nitrogen and oxygen atoms in total. The lowest BCUT2D eigenvalue weighted by atomic mass is 9.99. The minimum atomic E-state index is 0.429. The Morgan fingerprint density at radius 3 is 3.00 bits per heavy atom. The van der Waals surface area contributed by atoms with Gasteiger partial charge < -0.3 is 5.32 Å². The Balaban J connectivity index is 2.26. The maximum Gasteiger partial charge on any atom is 0.153 e. The van der Waals surface area contributed by atoms with E-state index in [9.17, 15) is 0 Å². The molecule has 0 saturated carbocycles. The maximum absolute atomic E-state index is 4.66. The molecule has 0 fully saturated rings. The highest BCUT2D eigenvalue weighted by molar-refractivity contribution is 5.05. The molecule has 1 aliphatic heterocycles. The zero-order valence-corrected chi connectivity index (χ0v) is 9.82. The lowest BCUT2D eigenvalue weighted by molar-refractivity contribution is 0.407. The lowest BCUT2D eigenvalue weighted by Gasteiger charge is -2.21. The standard InChI is InChI=1S/C11H20N4/c1-8(2)10-13-11-9(7-12-3)5-4-6-15(11)14-10/h8-9,12H,4-7H2,1-3H3. The summed E-state index contributed by atoms with van der Waals surface area (Å²) in [4.78, 5) is 4.66. The Morgan fingerprint density at radius 2 is 2.33 bits per heavy atom. The van der Waals surface area contributed by atoms with Gasteiger partial charge in [0.25, 0.3) is 0 Å². The molecule has 1 unspecified atom stereocenters. The minimum absolute atomic E-state index is 0.429. The van der Waals surface area contributed by atoms with Crippen molar-refractivity contribution in [3.8, 4) is 0 Å². The summed E-state index contributed by atoms with van der Waals surface area (Å²) < 4.78 is 2.10. The Hall–Kier alpha value is -0.900. The van der Waals surface area contributed by atoms with Gasteiger partial charge in [-0.3, -0.25) is 0 Å². The molecule has 1 atom stereocenters. The molecule has 0 aliphatic carbocycles. The molecular weight excluding hydrogens is 188 g/mol. The molecule has 2 heterocycles. The van der Waals surface area contributed by atoms with Gasteiger partial charge in [-0.25, -0.2) is 9.67 Å². The number of fused-ring (bicyclic) bond motifs is 1. The van der Waals surface area contributed by atoms with Crippen LogP contribution in [0.3, 0.4) is 0 Å². The fourth-order valence-electron chi connectivity index (χ4n) is 2.14. The summed E-state index contributed by atoms with van der Waals surface area (Å²) in [5.41, 5.74) is 0. The first-order valence-electron chi connectivity index (χ1n) is 5.81. The van der Waals surface area contributed by atoms with Gasteiger partial charge in [0.1, 0.15) is 5.82 Å². The minimum Gasteiger partial charge on any atom is -0.319 e. The average molecular weight is 208 g/mol. The van der Waals surface area contributed by atoms with E-state index in [1.165, 1.54) is 18.7 Å². The number of nitrogens with zero attached hydrogens (tertiary/aromatic N) is 3. The largest absolute Gasteiger partial charge is 0.319 e. The number of likely N-dealkylation sites (N-methyl/N-ethyl adjacent to an activating group) is 1. The maximum atomic E-state index is 4.66. The van der Waals surface area contributed by atoms with Crippen LogP contribution < -0.4 is 5.32 Å². The monoisotopic (exact) mass is 208 g/mol. The fraction of sp³-hybridized carbons (Fsp3) is 0.818.